The van der Waals surface area contributed by atoms with Gasteiger partial charge in [-0.3, -0.25) is 9.59 Å². The van der Waals surface area contributed by atoms with Crippen LogP contribution in [0.5, 0.6) is 0 Å². The fraction of sp³-hybridized carbons (Fsp3) is 0.444. The summed E-state index contributed by atoms with van der Waals surface area (Å²) in [6, 6.07) is 4.23. The Balaban J connectivity index is 1.55. The van der Waals surface area contributed by atoms with Crippen molar-refractivity contribution in [2.24, 2.45) is 5.92 Å². The van der Waals surface area contributed by atoms with Crippen molar-refractivity contribution in [3.05, 3.63) is 39.4 Å². The summed E-state index contributed by atoms with van der Waals surface area (Å²) in [5.74, 6) is -0.709. The minimum atomic E-state index is -3.66. The molecule has 0 aromatic heterocycles. The molecule has 158 valence electrons. The molecule has 0 unspecified atom stereocenters. The minimum Gasteiger partial charge on any atom is -0.391 e. The number of carbonyl (C=O) groups excluding carboxylic acids is 2. The first-order valence-corrected chi connectivity index (χ1v) is 11.3. The lowest BCUT2D eigenvalue weighted by molar-refractivity contribution is -0.118. The van der Waals surface area contributed by atoms with Crippen LogP contribution in [0.4, 0.5) is 0 Å². The molecule has 1 saturated heterocycles. The van der Waals surface area contributed by atoms with E-state index in [2.05, 4.69) is 10.6 Å². The topological polar surface area (TPSA) is 116 Å². The van der Waals surface area contributed by atoms with E-state index in [-0.39, 0.29) is 33.5 Å². The first kappa shape index (κ1) is 22.0. The van der Waals surface area contributed by atoms with E-state index in [0.29, 0.717) is 37.5 Å². The number of sulfonamides is 1. The molecule has 1 aromatic rings. The maximum atomic E-state index is 12.8. The number of hydrogen-bond acceptors (Lipinski definition) is 5. The number of rotatable bonds is 6. The predicted octanol–water partition coefficient (Wildman–Crippen LogP) is 0.929. The van der Waals surface area contributed by atoms with Crippen molar-refractivity contribution in [2.75, 3.05) is 32.8 Å². The van der Waals surface area contributed by atoms with Crippen LogP contribution < -0.4 is 10.6 Å². The molecule has 2 aliphatic rings. The molecule has 1 aromatic carbocycles. The third-order valence-electron chi connectivity index (χ3n) is 5.15. The third kappa shape index (κ3) is 4.75. The van der Waals surface area contributed by atoms with Crippen LogP contribution in [-0.4, -0.2) is 62.4 Å². The van der Waals surface area contributed by atoms with E-state index in [1.54, 1.807) is 0 Å². The molecule has 1 fully saturated rings. The van der Waals surface area contributed by atoms with Crippen LogP contribution in [0, 0.1) is 5.92 Å². The molecule has 0 atom stereocenters. The average molecular weight is 462 g/mol. The number of benzene rings is 1. The van der Waals surface area contributed by atoms with Crippen molar-refractivity contribution < 1.29 is 23.1 Å². The minimum absolute atomic E-state index is 0.0880. The lowest BCUT2D eigenvalue weighted by Crippen LogP contribution is -2.41. The zero-order valence-corrected chi connectivity index (χ0v) is 17.8. The van der Waals surface area contributed by atoms with Crippen LogP contribution in [-0.2, 0) is 19.6 Å². The highest BCUT2D eigenvalue weighted by Gasteiger charge is 2.31. The molecule has 0 aliphatic carbocycles. The quantitative estimate of drug-likeness (QED) is 0.582. The fourth-order valence-corrected chi connectivity index (χ4v) is 5.25. The molecular weight excluding hydrogens is 441 g/mol. The fourth-order valence-electron chi connectivity index (χ4n) is 3.39. The molecule has 3 rings (SSSR count). The first-order valence-electron chi connectivity index (χ1n) is 9.08. The van der Waals surface area contributed by atoms with Gasteiger partial charge in [-0.2, -0.15) is 4.31 Å². The zero-order chi connectivity index (χ0) is 21.2. The van der Waals surface area contributed by atoms with Gasteiger partial charge in [0.25, 0.3) is 0 Å². The summed E-state index contributed by atoms with van der Waals surface area (Å²) in [6.45, 7) is 0.637. The van der Waals surface area contributed by atoms with E-state index in [1.165, 1.54) is 22.5 Å². The van der Waals surface area contributed by atoms with Gasteiger partial charge >= 0.3 is 0 Å². The SMILES string of the molecule is O=C1NCC(C(=O)NCC2CCN(S(=O)(=O)c3ccc(Cl)c(Cl)c3)CC2)=C1CO. The Morgan fingerprint density at radius 1 is 1.24 bits per heavy atom. The first-order chi connectivity index (χ1) is 13.7. The van der Waals surface area contributed by atoms with E-state index in [0.717, 1.165) is 0 Å². The Morgan fingerprint density at radius 3 is 2.55 bits per heavy atom. The maximum Gasteiger partial charge on any atom is 0.250 e. The van der Waals surface area contributed by atoms with Crippen LogP contribution >= 0.6 is 23.2 Å². The highest BCUT2D eigenvalue weighted by Crippen LogP contribution is 2.28. The monoisotopic (exact) mass is 461 g/mol. The summed E-state index contributed by atoms with van der Waals surface area (Å²) in [5.41, 5.74) is 0.335. The second-order valence-electron chi connectivity index (χ2n) is 6.93. The Labute approximate surface area is 178 Å². The molecule has 11 heteroatoms. The Hall–Kier alpha value is -1.65. The number of hydrogen-bond donors (Lipinski definition) is 3. The van der Waals surface area contributed by atoms with Crippen molar-refractivity contribution in [3.8, 4) is 0 Å². The number of piperidine rings is 1. The van der Waals surface area contributed by atoms with Gasteiger partial charge in [0.15, 0.2) is 0 Å². The molecule has 29 heavy (non-hydrogen) atoms. The zero-order valence-electron chi connectivity index (χ0n) is 15.5. The Morgan fingerprint density at radius 2 is 1.93 bits per heavy atom. The van der Waals surface area contributed by atoms with Crippen LogP contribution in [0.3, 0.4) is 0 Å². The van der Waals surface area contributed by atoms with Crippen molar-refractivity contribution in [1.29, 1.82) is 0 Å². The van der Waals surface area contributed by atoms with E-state index in [9.17, 15) is 23.1 Å². The Bertz CT molecular complexity index is 956. The molecule has 0 bridgehead atoms. The summed E-state index contributed by atoms with van der Waals surface area (Å²) in [6.07, 6.45) is 1.17. The second-order valence-corrected chi connectivity index (χ2v) is 9.68. The van der Waals surface area contributed by atoms with Crippen molar-refractivity contribution >= 4 is 45.0 Å². The third-order valence-corrected chi connectivity index (χ3v) is 7.78. The molecule has 2 aliphatic heterocycles. The molecule has 8 nitrogen and oxygen atoms in total. The summed E-state index contributed by atoms with van der Waals surface area (Å²) in [5, 5.41) is 15.0. The Kier molecular flexibility index (Phi) is 6.85. The smallest absolute Gasteiger partial charge is 0.250 e. The number of nitrogens with zero attached hydrogens (tertiary/aromatic N) is 1. The van der Waals surface area contributed by atoms with Gasteiger partial charge in [-0.1, -0.05) is 23.2 Å². The molecule has 2 heterocycles. The van der Waals surface area contributed by atoms with Crippen molar-refractivity contribution in [3.63, 3.8) is 0 Å². The van der Waals surface area contributed by atoms with Gasteiger partial charge in [-0.05, 0) is 37.0 Å². The van der Waals surface area contributed by atoms with Gasteiger partial charge in [0.1, 0.15) is 0 Å². The lowest BCUT2D eigenvalue weighted by atomic mass is 9.98. The van der Waals surface area contributed by atoms with Gasteiger partial charge in [0, 0.05) is 31.8 Å². The summed E-state index contributed by atoms with van der Waals surface area (Å²) in [4.78, 5) is 23.9. The number of nitrogens with one attached hydrogen (secondary N) is 2. The van der Waals surface area contributed by atoms with Gasteiger partial charge < -0.3 is 15.7 Å². The average Bonchev–Trinajstić information content (AvgIpc) is 3.09. The molecule has 0 radical (unpaired) electrons. The van der Waals surface area contributed by atoms with E-state index in [4.69, 9.17) is 23.2 Å². The summed E-state index contributed by atoms with van der Waals surface area (Å²) >= 11 is 11.8. The van der Waals surface area contributed by atoms with Gasteiger partial charge in [0.2, 0.25) is 21.8 Å². The van der Waals surface area contributed by atoms with Gasteiger partial charge in [-0.25, -0.2) is 8.42 Å². The number of aliphatic hydroxyl groups is 1. The molecular formula is C18H21Cl2N3O5S. The molecule has 3 N–H and O–H groups in total. The molecule has 0 spiro atoms. The largest absolute Gasteiger partial charge is 0.391 e. The van der Waals surface area contributed by atoms with Crippen LogP contribution in [0.2, 0.25) is 10.0 Å². The summed E-state index contributed by atoms with van der Waals surface area (Å²) < 4.78 is 27.0. The van der Waals surface area contributed by atoms with E-state index in [1.807, 2.05) is 0 Å². The standard InChI is InChI=1S/C18H21Cl2N3O5S/c19-15-2-1-12(7-16(15)20)29(27,28)23-5-3-11(4-6-23)8-21-17(25)13-9-22-18(26)14(13)10-24/h1-2,7,11,24H,3-6,8-10H2,(H,21,25)(H,22,26). The predicted molar refractivity (Wildman–Crippen MR) is 108 cm³/mol. The van der Waals surface area contributed by atoms with Crippen molar-refractivity contribution in [2.45, 2.75) is 17.7 Å². The van der Waals surface area contributed by atoms with Crippen LogP contribution in [0.25, 0.3) is 0 Å². The lowest BCUT2D eigenvalue weighted by Gasteiger charge is -2.31. The van der Waals surface area contributed by atoms with Gasteiger partial charge in [-0.15, -0.1) is 0 Å². The number of aliphatic hydroxyl groups excluding tert-OH is 1. The highest BCUT2D eigenvalue weighted by molar-refractivity contribution is 7.89. The number of carbonyl (C=O) groups is 2. The van der Waals surface area contributed by atoms with Crippen molar-refractivity contribution in [1.82, 2.24) is 14.9 Å². The highest BCUT2D eigenvalue weighted by atomic mass is 35.5. The second kappa shape index (κ2) is 9.01. The summed E-state index contributed by atoms with van der Waals surface area (Å²) in [7, 11) is -3.66. The van der Waals surface area contributed by atoms with E-state index >= 15 is 0 Å². The van der Waals surface area contributed by atoms with Crippen LogP contribution in [0.1, 0.15) is 12.8 Å². The maximum absolute atomic E-state index is 12.8. The normalized spacial score (nSPS) is 18.8. The molecule has 0 saturated carbocycles. The number of amides is 2. The van der Waals surface area contributed by atoms with E-state index < -0.39 is 28.4 Å². The number of halogens is 2. The molecule has 2 amide bonds. The van der Waals surface area contributed by atoms with Gasteiger partial charge in [0.05, 0.1) is 27.1 Å². The van der Waals surface area contributed by atoms with Crippen LogP contribution in [0.15, 0.2) is 34.2 Å².